The van der Waals surface area contributed by atoms with Crippen molar-refractivity contribution in [3.05, 3.63) is 161 Å². The topological polar surface area (TPSA) is 547 Å². The van der Waals surface area contributed by atoms with Gasteiger partial charge >= 0.3 is 30.1 Å². The minimum absolute atomic E-state index is 0.0000769. The van der Waals surface area contributed by atoms with Crippen LogP contribution in [0.4, 0.5) is 19.0 Å². The Morgan fingerprint density at radius 1 is 0.561 bits per heavy atom. The number of carbonyl (C=O) groups excluding carboxylic acids is 13. The van der Waals surface area contributed by atoms with Gasteiger partial charge in [0.05, 0.1) is 18.3 Å². The Kier molecular flexibility index (Phi) is 40.3. The highest BCUT2D eigenvalue weighted by molar-refractivity contribution is 7.86. The maximum Gasteiger partial charge on any atom is 0.491 e. The maximum absolute atomic E-state index is 14.4. The third-order valence-electron chi connectivity index (χ3n) is 19.3. The number of carbonyl (C=O) groups is 15. The van der Waals surface area contributed by atoms with Gasteiger partial charge in [-0.15, -0.1) is 0 Å². The number of hydrogen-bond donors (Lipinski definition) is 15. The summed E-state index contributed by atoms with van der Waals surface area (Å²) in [5.74, 6) is -17.1. The van der Waals surface area contributed by atoms with E-state index in [2.05, 4.69) is 68.1 Å². The van der Waals surface area contributed by atoms with Crippen molar-refractivity contribution in [3.63, 3.8) is 0 Å². The quantitative estimate of drug-likeness (QED) is 0.00663. The smallest absolute Gasteiger partial charge is 0.481 e. The SMILES string of the molecule is CC(C)C[C@H](NC(=O)[C@H](CCCN)NC(=O)[C@H](CCc1ccccc1)NC(=O)CNC(=O)[C@H](CC(C)C)NC(=O)[C@@H]1CCCN1C(=O)CCCCCNC(=O)[C@@H](Cc1ccccc1)NC(=O)[C@@H](Cc1ccccc1)NC(=O)c1ccc(N/N=C/c2ccccc2S(=O)(=O)O)nc1)C(=O)N[C@@H](CCC(=O)O)C(=O)N[C@@H](CCC(=O)OC(=O)C(F)(F)F)C(=O)O. The van der Waals surface area contributed by atoms with Crippen LogP contribution in [-0.2, 0) is 101 Å². The van der Waals surface area contributed by atoms with Crippen LogP contribution in [0.1, 0.15) is 157 Å². The van der Waals surface area contributed by atoms with Crippen molar-refractivity contribution in [2.75, 3.05) is 31.6 Å². The molecule has 1 saturated heterocycles. The van der Waals surface area contributed by atoms with Crippen LogP contribution < -0.4 is 64.3 Å². The zero-order chi connectivity index (χ0) is 90.3. The molecule has 1 aliphatic heterocycles. The van der Waals surface area contributed by atoms with E-state index in [1.165, 1.54) is 47.6 Å². The van der Waals surface area contributed by atoms with Gasteiger partial charge in [0.25, 0.3) is 16.0 Å². The van der Waals surface area contributed by atoms with E-state index in [9.17, 15) is 108 Å². The summed E-state index contributed by atoms with van der Waals surface area (Å²) < 4.78 is 74.9. The summed E-state index contributed by atoms with van der Waals surface area (Å²) >= 11 is 0. The molecule has 0 unspecified atom stereocenters. The van der Waals surface area contributed by atoms with Gasteiger partial charge < -0.3 is 78.8 Å². The molecule has 4 aromatic carbocycles. The number of esters is 2. The van der Waals surface area contributed by atoms with Gasteiger partial charge in [-0.05, 0) is 130 Å². The second kappa shape index (κ2) is 50.0. The monoisotopic (exact) mass is 1740 g/mol. The third-order valence-corrected chi connectivity index (χ3v) is 20.2. The second-order valence-corrected chi connectivity index (χ2v) is 31.4. The summed E-state index contributed by atoms with van der Waals surface area (Å²) in [5.41, 5.74) is 10.8. The zero-order valence-corrected chi connectivity index (χ0v) is 69.2. The number of ether oxygens (including phenoxy) is 1. The summed E-state index contributed by atoms with van der Waals surface area (Å²) in [7, 11) is -4.54. The maximum atomic E-state index is 14.4. The largest absolute Gasteiger partial charge is 0.491 e. The highest BCUT2D eigenvalue weighted by Crippen LogP contribution is 2.23. The van der Waals surface area contributed by atoms with Crippen molar-refractivity contribution in [2.45, 2.75) is 209 Å². The first kappa shape index (κ1) is 99.2. The molecule has 123 heavy (non-hydrogen) atoms. The number of carboxylic acids is 2. The van der Waals surface area contributed by atoms with E-state index in [0.29, 0.717) is 31.2 Å². The number of benzene rings is 4. The fourth-order valence-corrected chi connectivity index (χ4v) is 13.7. The number of hydrogen-bond acceptors (Lipinski definition) is 22. The predicted octanol–water partition coefficient (Wildman–Crippen LogP) is 3.36. The van der Waals surface area contributed by atoms with Crippen molar-refractivity contribution < 1.29 is 113 Å². The number of carboxylic acid groups (broad SMARTS) is 2. The van der Waals surface area contributed by atoms with Gasteiger partial charge in [0.1, 0.15) is 65.1 Å². The number of amides is 11. The van der Waals surface area contributed by atoms with E-state index in [1.54, 1.807) is 125 Å². The Balaban J connectivity index is 1.03. The number of rotatable bonds is 50. The lowest BCUT2D eigenvalue weighted by atomic mass is 10.0. The Bertz CT molecular complexity index is 4590. The molecule has 5 aromatic rings. The van der Waals surface area contributed by atoms with Gasteiger partial charge in [-0.2, -0.15) is 26.7 Å². The van der Waals surface area contributed by atoms with Gasteiger partial charge in [-0.1, -0.05) is 143 Å². The van der Waals surface area contributed by atoms with Crippen molar-refractivity contribution in [3.8, 4) is 0 Å². The number of aryl methyl sites for hydroxylation is 1. The van der Waals surface area contributed by atoms with Crippen LogP contribution in [0, 0.1) is 11.8 Å². The third kappa shape index (κ3) is 35.2. The van der Waals surface area contributed by atoms with Crippen LogP contribution in [0.2, 0.25) is 0 Å². The second-order valence-electron chi connectivity index (χ2n) is 30.1. The Hall–Kier alpha value is -12.6. The molecular weight excluding hydrogens is 1630 g/mol. The first-order valence-electron chi connectivity index (χ1n) is 40.1. The molecule has 9 atom stereocenters. The highest BCUT2D eigenvalue weighted by atomic mass is 32.2. The van der Waals surface area contributed by atoms with Crippen LogP contribution in [0.15, 0.2) is 144 Å². The number of aromatic nitrogens is 1. The minimum Gasteiger partial charge on any atom is -0.481 e. The number of halogens is 3. The molecule has 1 fully saturated rings. The van der Waals surface area contributed by atoms with E-state index in [0.717, 1.165) is 11.1 Å². The van der Waals surface area contributed by atoms with E-state index >= 15 is 0 Å². The van der Waals surface area contributed by atoms with Crippen LogP contribution in [-0.4, -0.2) is 215 Å². The number of likely N-dealkylation sites (tertiary alicyclic amines) is 1. The van der Waals surface area contributed by atoms with Gasteiger partial charge in [0.2, 0.25) is 59.1 Å². The molecule has 666 valence electrons. The van der Waals surface area contributed by atoms with Crippen LogP contribution in [0.3, 0.4) is 0 Å². The number of nitrogens with zero attached hydrogens (tertiary/aromatic N) is 3. The fourth-order valence-electron chi connectivity index (χ4n) is 13.0. The number of nitrogens with two attached hydrogens (primary N) is 1. The molecule has 11 amide bonds. The first-order valence-corrected chi connectivity index (χ1v) is 41.5. The van der Waals surface area contributed by atoms with Gasteiger partial charge in [-0.25, -0.2) is 14.6 Å². The van der Waals surface area contributed by atoms with Crippen LogP contribution in [0.5, 0.6) is 0 Å². The van der Waals surface area contributed by atoms with Crippen molar-refractivity contribution >= 4 is 111 Å². The predicted molar refractivity (Wildman–Crippen MR) is 439 cm³/mol. The van der Waals surface area contributed by atoms with Gasteiger partial charge in [-0.3, -0.25) is 72.3 Å². The number of alkyl halides is 3. The molecule has 2 heterocycles. The average molecular weight is 1740 g/mol. The summed E-state index contributed by atoms with van der Waals surface area (Å²) in [6.07, 6.45) is -4.52. The zero-order valence-electron chi connectivity index (χ0n) is 68.3. The molecular formula is C83H106F3N15O21S. The Labute approximate surface area is 708 Å². The number of pyridine rings is 1. The fraction of sp³-hybridized carbons (Fsp3) is 0.458. The number of hydrazone groups is 1. The Morgan fingerprint density at radius 2 is 1.07 bits per heavy atom. The number of unbranched alkanes of at least 4 members (excludes halogenated alkanes) is 2. The molecule has 1 aromatic heterocycles. The Morgan fingerprint density at radius 3 is 1.63 bits per heavy atom. The standard InChI is InChI=1S/C83H106F3N15O21S/c1-50(2)43-61(74(109)90-49-68(102)92-58(34-32-52-21-9-5-10-22-52)76(111)93-57(28-19-40-87)75(110)97-62(44-51(3)4)78(113)94-59(35-38-70(104)105)77(112)95-60(81(116)117)36-39-71(106)122-82(118)83(84,85)86)99-80(115)65-29-20-42-101(65)69(103)31-15-8-18-41-88-73(108)63(45-53-23-11-6-12-24-53)98-79(114)64(46-54-25-13-7-14-26-54)96-72(107)56-33-37-67(89-47-56)100-91-48-55-27-16-17-30-66(55)123(119,120)121/h5-7,9-14,16-17,21-27,30,33,37,47-48,50-51,57-65H,8,15,18-20,28-29,31-32,34-36,38-46,49,87H2,1-4H3,(H,88,108)(H,89,100)(H,90,109)(H,92,102)(H,93,111)(H,94,113)(H,95,112)(H,96,107)(H,97,110)(H,98,114)(H,99,115)(H,104,105)(H,116,117)(H,119,120,121)/b91-48+/t57-,58-,59-,60-,61-,62-,63+,64+,65-/m0/s1. The summed E-state index contributed by atoms with van der Waals surface area (Å²) in [5, 5.41) is 49.2. The summed E-state index contributed by atoms with van der Waals surface area (Å²) in [4.78, 5) is 207. The molecule has 40 heteroatoms. The number of aliphatic carboxylic acids is 2. The average Bonchev–Trinajstić information content (AvgIpc) is 1.83. The van der Waals surface area contributed by atoms with E-state index < -0.39 is 186 Å². The van der Waals surface area contributed by atoms with Crippen LogP contribution in [0.25, 0.3) is 0 Å². The molecule has 1 aliphatic rings. The van der Waals surface area contributed by atoms with E-state index in [1.807, 2.05) is 5.32 Å². The van der Waals surface area contributed by atoms with Gasteiger partial charge in [0, 0.05) is 57.0 Å². The molecule has 36 nitrogen and oxygen atoms in total. The first-order chi connectivity index (χ1) is 58.4. The molecule has 0 spiro atoms. The lowest BCUT2D eigenvalue weighted by Gasteiger charge is -2.28. The van der Waals surface area contributed by atoms with Crippen molar-refractivity contribution in [1.82, 2.24) is 63.1 Å². The normalized spacial score (nSPS) is 14.6. The lowest BCUT2D eigenvalue weighted by Crippen LogP contribution is -2.59. The number of anilines is 1. The van der Waals surface area contributed by atoms with E-state index in [-0.39, 0.29) is 123 Å². The molecule has 0 bridgehead atoms. The summed E-state index contributed by atoms with van der Waals surface area (Å²) in [6.45, 7) is 6.59. The van der Waals surface area contributed by atoms with Crippen LogP contribution >= 0.6 is 0 Å². The van der Waals surface area contributed by atoms with Gasteiger partial charge in [0.15, 0.2) is 0 Å². The molecule has 16 N–H and O–H groups in total. The highest BCUT2D eigenvalue weighted by Gasteiger charge is 2.43. The lowest BCUT2D eigenvalue weighted by molar-refractivity contribution is -0.201. The molecule has 0 radical (unpaired) electrons. The minimum atomic E-state index is -5.56. The van der Waals surface area contributed by atoms with Crippen molar-refractivity contribution in [1.29, 1.82) is 0 Å². The number of nitrogens with one attached hydrogen (secondary N) is 11. The molecule has 0 aliphatic carbocycles. The summed E-state index contributed by atoms with van der Waals surface area (Å²) in [6, 6.07) is 22.3. The molecule has 6 rings (SSSR count). The van der Waals surface area contributed by atoms with Crippen molar-refractivity contribution in [2.24, 2.45) is 22.7 Å². The molecule has 0 saturated carbocycles. The van der Waals surface area contributed by atoms with E-state index in [4.69, 9.17) is 5.73 Å².